The maximum absolute atomic E-state index is 8.80. The van der Waals surface area contributed by atoms with E-state index in [0.29, 0.717) is 17.5 Å². The van der Waals surface area contributed by atoms with Gasteiger partial charge in [0.1, 0.15) is 30.5 Å². The van der Waals surface area contributed by atoms with Crippen LogP contribution in [0.4, 0.5) is 11.6 Å². The van der Waals surface area contributed by atoms with Gasteiger partial charge in [0.15, 0.2) is 0 Å². The van der Waals surface area contributed by atoms with Crippen molar-refractivity contribution in [1.29, 1.82) is 10.5 Å². The van der Waals surface area contributed by atoms with Gasteiger partial charge < -0.3 is 10.3 Å². The largest absolute Gasteiger partial charge is 0.330 e. The molecule has 1 heterocycles. The van der Waals surface area contributed by atoms with Crippen LogP contribution in [0.15, 0.2) is 6.07 Å². The maximum Gasteiger partial charge on any atom is 0.145 e. The van der Waals surface area contributed by atoms with Crippen molar-refractivity contribution in [3.8, 4) is 12.1 Å². The van der Waals surface area contributed by atoms with Gasteiger partial charge in [0.2, 0.25) is 0 Å². The molecule has 0 atom stereocenters. The highest BCUT2D eigenvalue weighted by molar-refractivity contribution is 5.50. The SMILES string of the molecule is CC(C)(C)c1nc(NN)cc(N(CC#N)CC#N)n1. The van der Waals surface area contributed by atoms with E-state index >= 15 is 0 Å². The zero-order valence-electron chi connectivity index (χ0n) is 11.3. The monoisotopic (exact) mass is 259 g/mol. The third-order valence-corrected chi connectivity index (χ3v) is 2.38. The molecule has 1 aromatic heterocycles. The smallest absolute Gasteiger partial charge is 0.145 e. The zero-order chi connectivity index (χ0) is 14.5. The minimum absolute atomic E-state index is 0.0815. The number of nitrogens with one attached hydrogen (secondary N) is 1. The van der Waals surface area contributed by atoms with Gasteiger partial charge in [0, 0.05) is 11.5 Å². The minimum atomic E-state index is -0.257. The van der Waals surface area contributed by atoms with Gasteiger partial charge in [0.05, 0.1) is 12.1 Å². The van der Waals surface area contributed by atoms with Crippen molar-refractivity contribution in [2.45, 2.75) is 26.2 Å². The van der Waals surface area contributed by atoms with Crippen LogP contribution in [0.5, 0.6) is 0 Å². The van der Waals surface area contributed by atoms with E-state index in [2.05, 4.69) is 15.4 Å². The third-order valence-electron chi connectivity index (χ3n) is 2.38. The highest BCUT2D eigenvalue weighted by atomic mass is 15.3. The van der Waals surface area contributed by atoms with Gasteiger partial charge in [-0.1, -0.05) is 20.8 Å². The Morgan fingerprint density at radius 2 is 1.84 bits per heavy atom. The lowest BCUT2D eigenvalue weighted by Gasteiger charge is -2.22. The number of rotatable bonds is 4. The quantitative estimate of drug-likeness (QED) is 0.469. The molecule has 0 unspecified atom stereocenters. The highest BCUT2D eigenvalue weighted by Crippen LogP contribution is 2.23. The van der Waals surface area contributed by atoms with Crippen molar-refractivity contribution in [3.63, 3.8) is 0 Å². The van der Waals surface area contributed by atoms with Crippen LogP contribution in [0.25, 0.3) is 0 Å². The summed E-state index contributed by atoms with van der Waals surface area (Å²) in [4.78, 5) is 10.3. The number of hydrogen-bond donors (Lipinski definition) is 2. The van der Waals surface area contributed by atoms with E-state index in [0.717, 1.165) is 0 Å². The molecular formula is C12H17N7. The van der Waals surface area contributed by atoms with Gasteiger partial charge in [0.25, 0.3) is 0 Å². The number of nitriles is 2. The normalized spacial score (nSPS) is 10.4. The molecule has 0 fully saturated rings. The predicted octanol–water partition coefficient (Wildman–Crippen LogP) is 0.913. The Kier molecular flexibility index (Phi) is 4.62. The molecule has 0 aromatic carbocycles. The zero-order valence-corrected chi connectivity index (χ0v) is 11.3. The summed E-state index contributed by atoms with van der Waals surface area (Å²) in [6.45, 7) is 6.10. The van der Waals surface area contributed by atoms with E-state index in [1.165, 1.54) is 0 Å². The first-order valence-electron chi connectivity index (χ1n) is 5.77. The summed E-state index contributed by atoms with van der Waals surface area (Å²) in [6, 6.07) is 5.63. The third kappa shape index (κ3) is 3.80. The van der Waals surface area contributed by atoms with Crippen LogP contribution in [0, 0.1) is 22.7 Å². The van der Waals surface area contributed by atoms with Gasteiger partial charge >= 0.3 is 0 Å². The number of nitrogens with two attached hydrogens (primary N) is 1. The average Bonchev–Trinajstić information content (AvgIpc) is 2.37. The molecule has 1 aromatic rings. The van der Waals surface area contributed by atoms with Gasteiger partial charge in [-0.05, 0) is 0 Å². The number of aromatic nitrogens is 2. The van der Waals surface area contributed by atoms with Crippen LogP contribution >= 0.6 is 0 Å². The van der Waals surface area contributed by atoms with E-state index in [-0.39, 0.29) is 18.5 Å². The minimum Gasteiger partial charge on any atom is -0.330 e. The molecule has 0 aliphatic carbocycles. The van der Waals surface area contributed by atoms with Gasteiger partial charge in [-0.25, -0.2) is 15.8 Å². The van der Waals surface area contributed by atoms with E-state index < -0.39 is 0 Å². The molecule has 0 saturated heterocycles. The van der Waals surface area contributed by atoms with E-state index in [4.69, 9.17) is 16.4 Å². The van der Waals surface area contributed by atoms with Crippen molar-refractivity contribution in [2.75, 3.05) is 23.4 Å². The van der Waals surface area contributed by atoms with Crippen LogP contribution in [0.1, 0.15) is 26.6 Å². The molecule has 3 N–H and O–H groups in total. The van der Waals surface area contributed by atoms with Crippen molar-refractivity contribution >= 4 is 11.6 Å². The van der Waals surface area contributed by atoms with Crippen LogP contribution in [-0.4, -0.2) is 23.1 Å². The fourth-order valence-corrected chi connectivity index (χ4v) is 1.39. The standard InChI is InChI=1S/C12H17N7/c1-12(2,3)11-16-9(18-15)8-10(17-11)19(6-4-13)7-5-14/h8H,6-7,15H2,1-3H3,(H,16,17,18). The van der Waals surface area contributed by atoms with Gasteiger partial charge in [-0.15, -0.1) is 0 Å². The van der Waals surface area contributed by atoms with Crippen LogP contribution in [-0.2, 0) is 5.41 Å². The lowest BCUT2D eigenvalue weighted by atomic mass is 9.96. The van der Waals surface area contributed by atoms with E-state index in [1.807, 2.05) is 32.9 Å². The van der Waals surface area contributed by atoms with E-state index in [1.54, 1.807) is 11.0 Å². The van der Waals surface area contributed by atoms with Crippen LogP contribution in [0.2, 0.25) is 0 Å². The summed E-state index contributed by atoms with van der Waals surface area (Å²) in [6.07, 6.45) is 0. The summed E-state index contributed by atoms with van der Waals surface area (Å²) in [5.74, 6) is 6.95. The number of nitrogen functional groups attached to an aromatic ring is 1. The van der Waals surface area contributed by atoms with Crippen molar-refractivity contribution in [1.82, 2.24) is 9.97 Å². The Morgan fingerprint density at radius 3 is 2.26 bits per heavy atom. The molecule has 7 nitrogen and oxygen atoms in total. The molecule has 0 radical (unpaired) electrons. The second kappa shape index (κ2) is 5.98. The molecule has 0 aliphatic heterocycles. The Morgan fingerprint density at radius 1 is 1.26 bits per heavy atom. The lowest BCUT2D eigenvalue weighted by molar-refractivity contribution is 0.545. The molecular weight excluding hydrogens is 242 g/mol. The number of hydrazine groups is 1. The van der Waals surface area contributed by atoms with Crippen molar-refractivity contribution in [3.05, 3.63) is 11.9 Å². The average molecular weight is 259 g/mol. The summed E-state index contributed by atoms with van der Waals surface area (Å²) < 4.78 is 0. The summed E-state index contributed by atoms with van der Waals surface area (Å²) in [7, 11) is 0. The molecule has 7 heteroatoms. The van der Waals surface area contributed by atoms with Gasteiger partial charge in [-0.2, -0.15) is 10.5 Å². The molecule has 0 bridgehead atoms. The maximum atomic E-state index is 8.80. The molecule has 0 amide bonds. The van der Waals surface area contributed by atoms with Crippen LogP contribution in [0.3, 0.4) is 0 Å². The fourth-order valence-electron chi connectivity index (χ4n) is 1.39. The first-order valence-corrected chi connectivity index (χ1v) is 5.77. The molecule has 19 heavy (non-hydrogen) atoms. The fraction of sp³-hybridized carbons (Fsp3) is 0.500. The summed E-state index contributed by atoms with van der Waals surface area (Å²) in [5, 5.41) is 17.6. The Labute approximate surface area is 112 Å². The van der Waals surface area contributed by atoms with Crippen LogP contribution < -0.4 is 16.2 Å². The topological polar surface area (TPSA) is 115 Å². The van der Waals surface area contributed by atoms with Crippen molar-refractivity contribution < 1.29 is 0 Å². The molecule has 0 aliphatic rings. The highest BCUT2D eigenvalue weighted by Gasteiger charge is 2.20. The first kappa shape index (κ1) is 14.7. The Hall–Kier alpha value is -2.38. The summed E-state index contributed by atoms with van der Waals surface area (Å²) >= 11 is 0. The number of anilines is 2. The lowest BCUT2D eigenvalue weighted by Crippen LogP contribution is -2.27. The predicted molar refractivity (Wildman–Crippen MR) is 72.0 cm³/mol. The van der Waals surface area contributed by atoms with E-state index in [9.17, 15) is 0 Å². The second-order valence-electron chi connectivity index (χ2n) is 5.00. The molecule has 1 rings (SSSR count). The molecule has 0 saturated carbocycles. The molecule has 100 valence electrons. The number of hydrogen-bond acceptors (Lipinski definition) is 7. The first-order chi connectivity index (χ1) is 8.92. The van der Waals surface area contributed by atoms with Crippen molar-refractivity contribution in [2.24, 2.45) is 5.84 Å². The molecule has 0 spiro atoms. The van der Waals surface area contributed by atoms with Gasteiger partial charge in [-0.3, -0.25) is 0 Å². The number of nitrogens with zero attached hydrogens (tertiary/aromatic N) is 5. The summed E-state index contributed by atoms with van der Waals surface area (Å²) in [5.41, 5.74) is 2.22. The Balaban J connectivity index is 3.26. The Bertz CT molecular complexity index is 502. The second-order valence-corrected chi connectivity index (χ2v) is 5.00.